The van der Waals surface area contributed by atoms with Gasteiger partial charge in [-0.15, -0.1) is 0 Å². The number of rotatable bonds is 5. The quantitative estimate of drug-likeness (QED) is 0.768. The van der Waals surface area contributed by atoms with Gasteiger partial charge < -0.3 is 9.84 Å². The average Bonchev–Trinajstić information content (AvgIpc) is 2.18. The molecule has 1 atom stereocenters. The van der Waals surface area contributed by atoms with Crippen molar-refractivity contribution in [2.45, 2.75) is 32.3 Å². The van der Waals surface area contributed by atoms with E-state index in [1.807, 2.05) is 6.92 Å². The Balaban J connectivity index is 2.57. The number of hydrogen-bond donors (Lipinski definition) is 1. The van der Waals surface area contributed by atoms with Gasteiger partial charge in [-0.3, -0.25) is 4.98 Å². The first kappa shape index (κ1) is 10.9. The molecule has 0 amide bonds. The van der Waals surface area contributed by atoms with Crippen molar-refractivity contribution in [2.75, 3.05) is 7.11 Å². The van der Waals surface area contributed by atoms with E-state index in [2.05, 4.69) is 9.97 Å². The highest BCUT2D eigenvalue weighted by Crippen LogP contribution is 2.08. The molecule has 1 rings (SSSR count). The van der Waals surface area contributed by atoms with Gasteiger partial charge in [-0.1, -0.05) is 13.3 Å². The minimum Gasteiger partial charge on any atom is -0.480 e. The molecule has 1 aromatic heterocycles. The number of methoxy groups -OCH3 is 1. The lowest BCUT2D eigenvalue weighted by Gasteiger charge is -2.08. The van der Waals surface area contributed by atoms with E-state index < -0.39 is 0 Å². The van der Waals surface area contributed by atoms with Gasteiger partial charge in [0.2, 0.25) is 5.88 Å². The molecule has 0 saturated carbocycles. The van der Waals surface area contributed by atoms with Crippen LogP contribution in [0.3, 0.4) is 0 Å². The van der Waals surface area contributed by atoms with E-state index in [0.29, 0.717) is 12.3 Å². The lowest BCUT2D eigenvalue weighted by Crippen LogP contribution is -2.11. The molecule has 1 unspecified atom stereocenters. The summed E-state index contributed by atoms with van der Waals surface area (Å²) in [7, 11) is 1.55. The predicted octanol–water partition coefficient (Wildman–Crippen LogP) is 1.19. The summed E-state index contributed by atoms with van der Waals surface area (Å²) < 4.78 is 4.94. The summed E-state index contributed by atoms with van der Waals surface area (Å²) in [6.07, 6.45) is 5.17. The van der Waals surface area contributed by atoms with Gasteiger partial charge in [0.15, 0.2) is 0 Å². The Bertz CT molecular complexity index is 279. The van der Waals surface area contributed by atoms with E-state index in [1.165, 1.54) is 0 Å². The maximum absolute atomic E-state index is 9.56. The zero-order valence-corrected chi connectivity index (χ0v) is 8.60. The van der Waals surface area contributed by atoms with Crippen LogP contribution in [0.15, 0.2) is 12.4 Å². The summed E-state index contributed by atoms with van der Waals surface area (Å²) in [6.45, 7) is 2.04. The molecular weight excluding hydrogens is 180 g/mol. The van der Waals surface area contributed by atoms with Crippen molar-refractivity contribution in [1.29, 1.82) is 0 Å². The van der Waals surface area contributed by atoms with Gasteiger partial charge >= 0.3 is 0 Å². The predicted molar refractivity (Wildman–Crippen MR) is 53.2 cm³/mol. The molecule has 0 aromatic carbocycles. The van der Waals surface area contributed by atoms with Crippen molar-refractivity contribution in [1.82, 2.24) is 9.97 Å². The van der Waals surface area contributed by atoms with Crippen molar-refractivity contribution in [3.05, 3.63) is 18.1 Å². The first-order valence-corrected chi connectivity index (χ1v) is 4.79. The fraction of sp³-hybridized carbons (Fsp3) is 0.600. The zero-order valence-electron chi connectivity index (χ0n) is 8.60. The summed E-state index contributed by atoms with van der Waals surface area (Å²) >= 11 is 0. The van der Waals surface area contributed by atoms with Crippen LogP contribution in [-0.4, -0.2) is 28.3 Å². The van der Waals surface area contributed by atoms with Crippen molar-refractivity contribution in [3.8, 4) is 5.88 Å². The summed E-state index contributed by atoms with van der Waals surface area (Å²) in [4.78, 5) is 8.14. The van der Waals surface area contributed by atoms with Gasteiger partial charge in [0.05, 0.1) is 25.1 Å². The second kappa shape index (κ2) is 5.54. The van der Waals surface area contributed by atoms with Crippen LogP contribution >= 0.6 is 0 Å². The normalized spacial score (nSPS) is 12.5. The number of aliphatic hydroxyl groups is 1. The van der Waals surface area contributed by atoms with Crippen LogP contribution in [0, 0.1) is 0 Å². The first-order valence-electron chi connectivity index (χ1n) is 4.79. The minimum atomic E-state index is -0.332. The molecule has 1 N–H and O–H groups in total. The lowest BCUT2D eigenvalue weighted by molar-refractivity contribution is 0.162. The smallest absolute Gasteiger partial charge is 0.232 e. The van der Waals surface area contributed by atoms with E-state index in [-0.39, 0.29) is 6.10 Å². The van der Waals surface area contributed by atoms with Gasteiger partial charge in [0.25, 0.3) is 0 Å². The number of nitrogens with zero attached hydrogens (tertiary/aromatic N) is 2. The van der Waals surface area contributed by atoms with Crippen LogP contribution in [0.1, 0.15) is 25.5 Å². The molecule has 0 aliphatic rings. The zero-order chi connectivity index (χ0) is 10.4. The van der Waals surface area contributed by atoms with E-state index in [9.17, 15) is 5.11 Å². The van der Waals surface area contributed by atoms with Crippen LogP contribution < -0.4 is 4.74 Å². The second-order valence-corrected chi connectivity index (χ2v) is 3.20. The van der Waals surface area contributed by atoms with E-state index in [1.54, 1.807) is 19.5 Å². The molecule has 14 heavy (non-hydrogen) atoms. The summed E-state index contributed by atoms with van der Waals surface area (Å²) in [6, 6.07) is 0. The molecule has 0 spiro atoms. The number of ether oxygens (including phenoxy) is 1. The van der Waals surface area contributed by atoms with Crippen LogP contribution in [-0.2, 0) is 6.42 Å². The fourth-order valence-corrected chi connectivity index (χ4v) is 1.26. The van der Waals surface area contributed by atoms with E-state index in [0.717, 1.165) is 18.5 Å². The van der Waals surface area contributed by atoms with Crippen molar-refractivity contribution < 1.29 is 9.84 Å². The first-order chi connectivity index (χ1) is 6.76. The third-order valence-corrected chi connectivity index (χ3v) is 1.94. The Kier molecular flexibility index (Phi) is 4.32. The molecule has 1 aromatic rings. The lowest BCUT2D eigenvalue weighted by atomic mass is 10.1. The summed E-state index contributed by atoms with van der Waals surface area (Å²) in [5.74, 6) is 0.492. The Morgan fingerprint density at radius 2 is 2.29 bits per heavy atom. The number of hydrogen-bond acceptors (Lipinski definition) is 4. The largest absolute Gasteiger partial charge is 0.480 e. The molecule has 0 radical (unpaired) electrons. The van der Waals surface area contributed by atoms with Gasteiger partial charge in [0.1, 0.15) is 0 Å². The topological polar surface area (TPSA) is 55.2 Å². The van der Waals surface area contributed by atoms with Crippen molar-refractivity contribution in [2.24, 2.45) is 0 Å². The highest BCUT2D eigenvalue weighted by atomic mass is 16.5. The average molecular weight is 196 g/mol. The molecule has 0 fully saturated rings. The summed E-state index contributed by atoms with van der Waals surface area (Å²) in [5.41, 5.74) is 0.769. The Morgan fingerprint density at radius 1 is 1.50 bits per heavy atom. The maximum Gasteiger partial charge on any atom is 0.232 e. The second-order valence-electron chi connectivity index (χ2n) is 3.20. The maximum atomic E-state index is 9.56. The minimum absolute atomic E-state index is 0.332. The van der Waals surface area contributed by atoms with Gasteiger partial charge in [-0.05, 0) is 6.42 Å². The molecular formula is C10H16N2O2. The SMILES string of the molecule is CCCC(O)Cc1cncc(OC)n1. The molecule has 0 saturated heterocycles. The van der Waals surface area contributed by atoms with Crippen LogP contribution in [0.25, 0.3) is 0 Å². The highest BCUT2D eigenvalue weighted by Gasteiger charge is 2.06. The molecule has 0 aliphatic carbocycles. The standard InChI is InChI=1S/C10H16N2O2/c1-3-4-9(13)5-8-6-11-7-10(12-8)14-2/h6-7,9,13H,3-5H2,1-2H3. The molecule has 1 heterocycles. The molecule has 0 aliphatic heterocycles. The Labute approximate surface area is 84.0 Å². The number of aliphatic hydroxyl groups excluding tert-OH is 1. The third-order valence-electron chi connectivity index (χ3n) is 1.94. The monoisotopic (exact) mass is 196 g/mol. The highest BCUT2D eigenvalue weighted by molar-refractivity contribution is 5.08. The number of aromatic nitrogens is 2. The van der Waals surface area contributed by atoms with Crippen LogP contribution in [0.4, 0.5) is 0 Å². The van der Waals surface area contributed by atoms with E-state index in [4.69, 9.17) is 4.74 Å². The Hall–Kier alpha value is -1.16. The third kappa shape index (κ3) is 3.30. The molecule has 0 bridgehead atoms. The van der Waals surface area contributed by atoms with Gasteiger partial charge in [0, 0.05) is 12.6 Å². The van der Waals surface area contributed by atoms with Crippen LogP contribution in [0.2, 0.25) is 0 Å². The molecule has 4 nitrogen and oxygen atoms in total. The summed E-state index contributed by atoms with van der Waals surface area (Å²) in [5, 5.41) is 9.56. The molecule has 78 valence electrons. The van der Waals surface area contributed by atoms with Crippen LogP contribution in [0.5, 0.6) is 5.88 Å². The fourth-order valence-electron chi connectivity index (χ4n) is 1.26. The van der Waals surface area contributed by atoms with Gasteiger partial charge in [-0.25, -0.2) is 4.98 Å². The van der Waals surface area contributed by atoms with Gasteiger partial charge in [-0.2, -0.15) is 0 Å². The van der Waals surface area contributed by atoms with Crippen molar-refractivity contribution in [3.63, 3.8) is 0 Å². The Morgan fingerprint density at radius 3 is 2.93 bits per heavy atom. The molecule has 4 heteroatoms. The van der Waals surface area contributed by atoms with E-state index >= 15 is 0 Å². The van der Waals surface area contributed by atoms with Crippen molar-refractivity contribution >= 4 is 0 Å².